The molecule has 53 heavy (non-hydrogen) atoms. The third-order valence-corrected chi connectivity index (χ3v) is 13.8. The van der Waals surface area contributed by atoms with E-state index in [1.165, 1.54) is 26.6 Å². The second-order valence-electron chi connectivity index (χ2n) is 14.6. The molecule has 1 radical (unpaired) electrons. The average molecular weight is 933 g/mol. The van der Waals surface area contributed by atoms with Crippen molar-refractivity contribution in [3.63, 3.8) is 0 Å². The first kappa shape index (κ1) is 34.2. The predicted molar refractivity (Wildman–Crippen MR) is 222 cm³/mol. The molecule has 0 atom stereocenters. The van der Waals surface area contributed by atoms with Crippen LogP contribution in [0, 0.1) is 25.9 Å². The second kappa shape index (κ2) is 16.2. The first-order valence-electron chi connectivity index (χ1n) is 19.3. The molecule has 0 bridgehead atoms. The van der Waals surface area contributed by atoms with Gasteiger partial charge in [-0.3, -0.25) is 0 Å². The summed E-state index contributed by atoms with van der Waals surface area (Å²) in [5, 5.41) is 2.22. The Kier molecular flexibility index (Phi) is 10.4. The van der Waals surface area contributed by atoms with Gasteiger partial charge in [-0.25, -0.2) is 0 Å². The quantitative estimate of drug-likeness (QED) is 0.123. The number of nitrogens with zero attached hydrogens (tertiary/aromatic N) is 2. The summed E-state index contributed by atoms with van der Waals surface area (Å²) >= 11 is -1.91. The number of benzene rings is 5. The number of fused-ring (bicyclic) bond motifs is 3. The van der Waals surface area contributed by atoms with Gasteiger partial charge in [0.25, 0.3) is 0 Å². The van der Waals surface area contributed by atoms with Crippen molar-refractivity contribution in [2.45, 2.75) is 50.8 Å². The van der Waals surface area contributed by atoms with Gasteiger partial charge in [0.2, 0.25) is 0 Å². The summed E-state index contributed by atoms with van der Waals surface area (Å²) in [7, 11) is 0. The SMILES string of the molecule is Cc1ccccc1-c1ccc2c(c1)oc1c(-c3cc(C(C)C)ccn3)[c-]ccc12.[2H]C([2H])([2H])c1c[c-]c(-c2cc[c]([Ge]([CH3])([CH3])[CH3])cn2)cc1-c1ccccc1.[Ir]. The van der Waals surface area contributed by atoms with Gasteiger partial charge in [0.05, 0.1) is 5.58 Å². The molecule has 0 aliphatic carbocycles. The summed E-state index contributed by atoms with van der Waals surface area (Å²) in [6.45, 7) is 4.34. The number of rotatable bonds is 6. The van der Waals surface area contributed by atoms with Gasteiger partial charge in [0.1, 0.15) is 5.58 Å². The molecule has 0 aliphatic heterocycles. The summed E-state index contributed by atoms with van der Waals surface area (Å²) in [4.78, 5) is 9.21. The third-order valence-electron chi connectivity index (χ3n) is 9.54. The van der Waals surface area contributed by atoms with E-state index in [4.69, 9.17) is 8.53 Å². The van der Waals surface area contributed by atoms with Crippen molar-refractivity contribution in [1.82, 2.24) is 9.97 Å². The van der Waals surface area contributed by atoms with Gasteiger partial charge in [-0.2, -0.15) is 0 Å². The van der Waals surface area contributed by atoms with E-state index >= 15 is 0 Å². The van der Waals surface area contributed by atoms with Crippen molar-refractivity contribution in [2.24, 2.45) is 0 Å². The average Bonchev–Trinajstić information content (AvgIpc) is 3.56. The molecule has 0 spiro atoms. The minimum atomic E-state index is -2.18. The molecule has 0 aliphatic rings. The fourth-order valence-corrected chi connectivity index (χ4v) is 8.60. The molecule has 0 fully saturated rings. The number of hydrogen-bond acceptors (Lipinski definition) is 3. The molecular formula is C48H44GeIrN2O-2. The molecule has 8 aromatic rings. The van der Waals surface area contributed by atoms with E-state index < -0.39 is 20.1 Å². The van der Waals surface area contributed by atoms with Gasteiger partial charge in [0.15, 0.2) is 0 Å². The van der Waals surface area contributed by atoms with Crippen LogP contribution in [0.4, 0.5) is 0 Å². The topological polar surface area (TPSA) is 38.9 Å². The number of hydrogen-bond donors (Lipinski definition) is 0. The van der Waals surface area contributed by atoms with Gasteiger partial charge in [0, 0.05) is 31.7 Å². The predicted octanol–water partition coefficient (Wildman–Crippen LogP) is 12.6. The largest absolute Gasteiger partial charge is 0 e. The molecule has 0 saturated carbocycles. The van der Waals surface area contributed by atoms with Crippen molar-refractivity contribution in [3.8, 4) is 44.8 Å². The Balaban J connectivity index is 0.000000188. The van der Waals surface area contributed by atoms with Crippen LogP contribution in [0.2, 0.25) is 17.3 Å². The number of aryl methyl sites for hydroxylation is 2. The maximum Gasteiger partial charge on any atom is 0 e. The molecule has 267 valence electrons. The molecular weight excluding hydrogens is 885 g/mol. The summed E-state index contributed by atoms with van der Waals surface area (Å²) < 4.78 is 31.2. The summed E-state index contributed by atoms with van der Waals surface area (Å²) in [5.74, 6) is 7.45. The molecule has 5 aromatic carbocycles. The van der Waals surface area contributed by atoms with Crippen LogP contribution < -0.4 is 4.40 Å². The Morgan fingerprint density at radius 3 is 2.23 bits per heavy atom. The normalized spacial score (nSPS) is 12.4. The number of aromatic nitrogens is 2. The Hall–Kier alpha value is -4.61. The molecule has 0 N–H and O–H groups in total. The number of pyridine rings is 2. The maximum atomic E-state index is 7.84. The summed E-state index contributed by atoms with van der Waals surface area (Å²) in [6, 6.07) is 46.9. The molecule has 0 saturated heterocycles. The molecule has 8 rings (SSSR count). The van der Waals surface area contributed by atoms with Gasteiger partial charge < -0.3 is 9.40 Å². The monoisotopic (exact) mass is 934 g/mol. The van der Waals surface area contributed by atoms with Crippen LogP contribution in [-0.4, -0.2) is 23.2 Å². The van der Waals surface area contributed by atoms with Crippen LogP contribution in [-0.2, 0) is 20.1 Å². The van der Waals surface area contributed by atoms with Crippen molar-refractivity contribution in [3.05, 3.63) is 163 Å². The second-order valence-corrected chi connectivity index (χ2v) is 25.2. The van der Waals surface area contributed by atoms with E-state index in [1.807, 2.05) is 60.9 Å². The minimum absolute atomic E-state index is 0. The zero-order valence-corrected chi connectivity index (χ0v) is 35.4. The minimum Gasteiger partial charge on any atom is 0 e. The first-order valence-corrected chi connectivity index (χ1v) is 25.1. The van der Waals surface area contributed by atoms with E-state index in [2.05, 4.69) is 127 Å². The molecule has 3 nitrogen and oxygen atoms in total. The van der Waals surface area contributed by atoms with Crippen molar-refractivity contribution in [1.29, 1.82) is 0 Å². The zero-order valence-electron chi connectivity index (χ0n) is 33.9. The van der Waals surface area contributed by atoms with Crippen LogP contribution >= 0.6 is 0 Å². The van der Waals surface area contributed by atoms with E-state index in [1.54, 1.807) is 6.07 Å². The standard InChI is InChI=1S/C27H22NO.C21H22GeN.Ir/c1-17(2)19-13-14-28-25(15-19)24-10-6-9-23-22-12-11-20(16-26(22)29-27(23)24)21-8-5-4-7-18(21)3;1-16-10-11-18(14-20(16)17-8-6-5-7-9-17)21-13-12-19(15-23-21)22(2,3)4;/h4-9,11-17H,1-3H3;5-10,12-15H,1-4H3;/q2*-1;/i;1D3;. The van der Waals surface area contributed by atoms with Crippen molar-refractivity contribution < 1.29 is 28.6 Å². The Bertz CT molecular complexity index is 2610. The van der Waals surface area contributed by atoms with Crippen molar-refractivity contribution >= 4 is 39.6 Å². The van der Waals surface area contributed by atoms with Crippen LogP contribution in [0.25, 0.3) is 66.7 Å². The van der Waals surface area contributed by atoms with Crippen LogP contribution in [0.3, 0.4) is 0 Å². The molecule has 5 heteroatoms. The summed E-state index contributed by atoms with van der Waals surface area (Å²) in [5.41, 5.74) is 12.0. The zero-order chi connectivity index (χ0) is 38.9. The summed E-state index contributed by atoms with van der Waals surface area (Å²) in [6.07, 6.45) is 3.83. The maximum absolute atomic E-state index is 7.84. The Labute approximate surface area is 334 Å². The van der Waals surface area contributed by atoms with Gasteiger partial charge in [-0.05, 0) is 47.4 Å². The smallest absolute Gasteiger partial charge is 0 e. The molecule has 0 unspecified atom stereocenters. The van der Waals surface area contributed by atoms with Crippen molar-refractivity contribution in [2.75, 3.05) is 0 Å². The Morgan fingerprint density at radius 2 is 1.51 bits per heavy atom. The molecule has 0 amide bonds. The van der Waals surface area contributed by atoms with E-state index in [-0.39, 0.29) is 20.1 Å². The van der Waals surface area contributed by atoms with Gasteiger partial charge in [-0.15, -0.1) is 18.2 Å². The van der Waals surface area contributed by atoms with Gasteiger partial charge >= 0.3 is 146 Å². The van der Waals surface area contributed by atoms with E-state index in [0.717, 1.165) is 50.0 Å². The Morgan fingerprint density at radius 1 is 0.717 bits per heavy atom. The van der Waals surface area contributed by atoms with E-state index in [0.29, 0.717) is 17.0 Å². The fourth-order valence-electron chi connectivity index (χ4n) is 6.43. The fraction of sp³-hybridized carbons (Fsp3) is 0.167. The molecule has 3 heterocycles. The first-order chi connectivity index (χ1) is 26.3. The third kappa shape index (κ3) is 8.31. The van der Waals surface area contributed by atoms with Gasteiger partial charge in [-0.1, -0.05) is 72.8 Å². The number of furan rings is 1. The van der Waals surface area contributed by atoms with Crippen LogP contribution in [0.15, 0.2) is 138 Å². The van der Waals surface area contributed by atoms with E-state index in [9.17, 15) is 0 Å². The van der Waals surface area contributed by atoms with Crippen LogP contribution in [0.5, 0.6) is 0 Å². The van der Waals surface area contributed by atoms with Crippen LogP contribution in [0.1, 0.15) is 40.6 Å². The molecule has 3 aromatic heterocycles.